The molecule has 1 heterocycles. The lowest BCUT2D eigenvalue weighted by Crippen LogP contribution is -2.55. The minimum atomic E-state index is -0.183. The molecule has 1 aliphatic rings. The fourth-order valence-corrected chi connectivity index (χ4v) is 2.69. The summed E-state index contributed by atoms with van der Waals surface area (Å²) in [5, 5.41) is 0.768. The first-order chi connectivity index (χ1) is 8.41. The highest BCUT2D eigenvalue weighted by molar-refractivity contribution is 6.30. The van der Waals surface area contributed by atoms with Gasteiger partial charge in [0.15, 0.2) is 0 Å². The molecule has 1 fully saturated rings. The van der Waals surface area contributed by atoms with E-state index in [0.29, 0.717) is 6.54 Å². The lowest BCUT2D eigenvalue weighted by atomic mass is 10.0. The summed E-state index contributed by atoms with van der Waals surface area (Å²) in [7, 11) is 0. The number of hydrogen-bond donors (Lipinski definition) is 1. The van der Waals surface area contributed by atoms with E-state index in [1.54, 1.807) is 0 Å². The molecule has 1 aliphatic heterocycles. The van der Waals surface area contributed by atoms with Crippen molar-refractivity contribution < 1.29 is 4.74 Å². The number of ether oxygens (including phenoxy) is 1. The maximum absolute atomic E-state index is 6.09. The number of aryl methyl sites for hydroxylation is 1. The van der Waals surface area contributed by atoms with Crippen molar-refractivity contribution in [2.24, 2.45) is 5.73 Å². The molecule has 4 heteroatoms. The molecular weight excluding hydrogens is 248 g/mol. The molecule has 1 unspecified atom stereocenters. The number of anilines is 1. The average molecular weight is 269 g/mol. The molecule has 1 atom stereocenters. The minimum absolute atomic E-state index is 0.0760. The molecule has 0 aromatic heterocycles. The van der Waals surface area contributed by atoms with E-state index in [-0.39, 0.29) is 11.7 Å². The minimum Gasteiger partial charge on any atom is -0.367 e. The predicted molar refractivity (Wildman–Crippen MR) is 76.4 cm³/mol. The lowest BCUT2D eigenvalue weighted by Gasteiger charge is -2.44. The topological polar surface area (TPSA) is 38.5 Å². The summed E-state index contributed by atoms with van der Waals surface area (Å²) in [6, 6.07) is 6.00. The van der Waals surface area contributed by atoms with Crippen molar-refractivity contribution >= 4 is 17.3 Å². The van der Waals surface area contributed by atoms with Crippen molar-refractivity contribution in [3.8, 4) is 0 Å². The zero-order chi connectivity index (χ0) is 13.3. The van der Waals surface area contributed by atoms with Crippen LogP contribution in [0.25, 0.3) is 0 Å². The molecule has 18 heavy (non-hydrogen) atoms. The summed E-state index contributed by atoms with van der Waals surface area (Å²) in [4.78, 5) is 2.32. The number of hydrogen-bond acceptors (Lipinski definition) is 3. The smallest absolute Gasteiger partial charge is 0.0879 e. The van der Waals surface area contributed by atoms with Crippen LogP contribution in [0.3, 0.4) is 0 Å². The van der Waals surface area contributed by atoms with E-state index in [4.69, 9.17) is 22.1 Å². The number of benzene rings is 1. The Morgan fingerprint density at radius 2 is 2.22 bits per heavy atom. The van der Waals surface area contributed by atoms with Crippen LogP contribution in [0.15, 0.2) is 18.2 Å². The maximum Gasteiger partial charge on any atom is 0.0879 e. The SMILES string of the molecule is Cc1ccc(Cl)cc1N1CC(CN)OC(C)(C)C1. The van der Waals surface area contributed by atoms with Crippen LogP contribution < -0.4 is 10.6 Å². The number of nitrogens with zero attached hydrogens (tertiary/aromatic N) is 1. The Labute approximate surface area is 114 Å². The Hall–Kier alpha value is -0.770. The molecule has 0 saturated carbocycles. The second kappa shape index (κ2) is 5.08. The zero-order valence-electron chi connectivity index (χ0n) is 11.2. The van der Waals surface area contributed by atoms with Crippen molar-refractivity contribution in [1.29, 1.82) is 0 Å². The highest BCUT2D eigenvalue weighted by Crippen LogP contribution is 2.30. The molecule has 2 rings (SSSR count). The first kappa shape index (κ1) is 13.7. The first-order valence-electron chi connectivity index (χ1n) is 6.30. The fourth-order valence-electron chi connectivity index (χ4n) is 2.53. The van der Waals surface area contributed by atoms with Gasteiger partial charge in [0.05, 0.1) is 11.7 Å². The molecule has 0 bridgehead atoms. The van der Waals surface area contributed by atoms with Crippen LogP contribution in [-0.4, -0.2) is 31.3 Å². The number of rotatable bonds is 2. The van der Waals surface area contributed by atoms with E-state index in [1.165, 1.54) is 11.3 Å². The van der Waals surface area contributed by atoms with Crippen LogP contribution in [0.4, 0.5) is 5.69 Å². The normalized spacial score (nSPS) is 23.2. The van der Waals surface area contributed by atoms with Gasteiger partial charge >= 0.3 is 0 Å². The number of nitrogens with two attached hydrogens (primary N) is 1. The summed E-state index contributed by atoms with van der Waals surface area (Å²) < 4.78 is 5.95. The molecule has 1 saturated heterocycles. The van der Waals surface area contributed by atoms with Gasteiger partial charge in [0.25, 0.3) is 0 Å². The van der Waals surface area contributed by atoms with E-state index in [2.05, 4.69) is 31.7 Å². The van der Waals surface area contributed by atoms with Crippen molar-refractivity contribution in [3.63, 3.8) is 0 Å². The lowest BCUT2D eigenvalue weighted by molar-refractivity contribution is -0.0788. The van der Waals surface area contributed by atoms with E-state index < -0.39 is 0 Å². The Morgan fingerprint density at radius 3 is 2.89 bits per heavy atom. The van der Waals surface area contributed by atoms with Gasteiger partial charge in [-0.25, -0.2) is 0 Å². The van der Waals surface area contributed by atoms with Gasteiger partial charge in [0.2, 0.25) is 0 Å². The first-order valence-corrected chi connectivity index (χ1v) is 6.68. The van der Waals surface area contributed by atoms with E-state index in [0.717, 1.165) is 18.1 Å². The summed E-state index contributed by atoms with van der Waals surface area (Å²) in [5.41, 5.74) is 7.98. The average Bonchev–Trinajstić information content (AvgIpc) is 2.30. The van der Waals surface area contributed by atoms with Gasteiger partial charge in [-0.2, -0.15) is 0 Å². The van der Waals surface area contributed by atoms with Gasteiger partial charge in [-0.1, -0.05) is 17.7 Å². The van der Waals surface area contributed by atoms with Gasteiger partial charge < -0.3 is 15.4 Å². The van der Waals surface area contributed by atoms with E-state index in [9.17, 15) is 0 Å². The zero-order valence-corrected chi connectivity index (χ0v) is 12.0. The Bertz CT molecular complexity index is 434. The van der Waals surface area contributed by atoms with Crippen LogP contribution in [0.5, 0.6) is 0 Å². The van der Waals surface area contributed by atoms with Crippen molar-refractivity contribution in [3.05, 3.63) is 28.8 Å². The standard InChI is InChI=1S/C14H21ClN2O/c1-10-4-5-11(15)6-13(10)17-8-12(7-16)18-14(2,3)9-17/h4-6,12H,7-9,16H2,1-3H3. The predicted octanol–water partition coefficient (Wildman–Crippen LogP) is 2.59. The second-order valence-electron chi connectivity index (χ2n) is 5.55. The largest absolute Gasteiger partial charge is 0.367 e. The van der Waals surface area contributed by atoms with Crippen LogP contribution >= 0.6 is 11.6 Å². The van der Waals surface area contributed by atoms with Gasteiger partial charge in [0, 0.05) is 30.3 Å². The Kier molecular flexibility index (Phi) is 3.85. The Balaban J connectivity index is 2.29. The summed E-state index contributed by atoms with van der Waals surface area (Å²) in [6.45, 7) is 8.51. The van der Waals surface area contributed by atoms with Crippen molar-refractivity contribution in [2.75, 3.05) is 24.5 Å². The van der Waals surface area contributed by atoms with Crippen LogP contribution in [0.1, 0.15) is 19.4 Å². The third-order valence-corrected chi connectivity index (χ3v) is 3.49. The summed E-state index contributed by atoms with van der Waals surface area (Å²) in [5.74, 6) is 0. The summed E-state index contributed by atoms with van der Waals surface area (Å²) in [6.07, 6.45) is 0.0760. The molecular formula is C14H21ClN2O. The third-order valence-electron chi connectivity index (χ3n) is 3.26. The van der Waals surface area contributed by atoms with Gasteiger partial charge in [0.1, 0.15) is 0 Å². The molecule has 1 aromatic rings. The molecule has 0 radical (unpaired) electrons. The van der Waals surface area contributed by atoms with Crippen LogP contribution in [0, 0.1) is 6.92 Å². The monoisotopic (exact) mass is 268 g/mol. The second-order valence-corrected chi connectivity index (χ2v) is 5.98. The van der Waals surface area contributed by atoms with Crippen LogP contribution in [-0.2, 0) is 4.74 Å². The molecule has 0 aliphatic carbocycles. The quantitative estimate of drug-likeness (QED) is 0.896. The molecule has 2 N–H and O–H groups in total. The molecule has 0 amide bonds. The molecule has 0 spiro atoms. The maximum atomic E-state index is 6.09. The molecule has 100 valence electrons. The highest BCUT2D eigenvalue weighted by atomic mass is 35.5. The van der Waals surface area contributed by atoms with E-state index in [1.807, 2.05) is 12.1 Å². The number of morpholine rings is 1. The van der Waals surface area contributed by atoms with Gasteiger partial charge in [-0.05, 0) is 38.5 Å². The molecule has 3 nitrogen and oxygen atoms in total. The van der Waals surface area contributed by atoms with E-state index >= 15 is 0 Å². The van der Waals surface area contributed by atoms with Gasteiger partial charge in [-0.3, -0.25) is 0 Å². The van der Waals surface area contributed by atoms with Gasteiger partial charge in [-0.15, -0.1) is 0 Å². The fraction of sp³-hybridized carbons (Fsp3) is 0.571. The number of halogens is 1. The summed E-state index contributed by atoms with van der Waals surface area (Å²) >= 11 is 6.09. The highest BCUT2D eigenvalue weighted by Gasteiger charge is 2.33. The van der Waals surface area contributed by atoms with Crippen LogP contribution in [0.2, 0.25) is 5.02 Å². The molecule has 1 aromatic carbocycles. The third kappa shape index (κ3) is 2.97. The van der Waals surface area contributed by atoms with Crippen molar-refractivity contribution in [1.82, 2.24) is 0 Å². The Morgan fingerprint density at radius 1 is 1.50 bits per heavy atom. The van der Waals surface area contributed by atoms with Crippen molar-refractivity contribution in [2.45, 2.75) is 32.5 Å².